The molecular weight excluding hydrogens is 304 g/mol. The third-order valence-corrected chi connectivity index (χ3v) is 3.17. The third-order valence-electron chi connectivity index (χ3n) is 3.17. The third kappa shape index (κ3) is 14.3. The molecular formula is C20H36O4. The Morgan fingerprint density at radius 3 is 1.17 bits per heavy atom. The summed E-state index contributed by atoms with van der Waals surface area (Å²) in [5.74, 6) is 0.0455. The molecule has 0 aromatic rings. The van der Waals surface area contributed by atoms with Crippen LogP contribution < -0.4 is 0 Å². The molecule has 24 heavy (non-hydrogen) atoms. The van der Waals surface area contributed by atoms with Gasteiger partial charge in [-0.15, -0.1) is 0 Å². The van der Waals surface area contributed by atoms with E-state index in [1.165, 1.54) is 6.92 Å². The van der Waals surface area contributed by atoms with Crippen LogP contribution in [-0.2, 0) is 19.2 Å². The van der Waals surface area contributed by atoms with Crippen molar-refractivity contribution in [2.24, 2.45) is 16.2 Å². The largest absolute Gasteiger partial charge is 0.300 e. The maximum Gasteiger partial charge on any atom is 0.145 e. The summed E-state index contributed by atoms with van der Waals surface area (Å²) < 4.78 is 0. The molecule has 0 heterocycles. The summed E-state index contributed by atoms with van der Waals surface area (Å²) in [4.78, 5) is 44.6. The fourth-order valence-corrected chi connectivity index (χ4v) is 1.61. The Morgan fingerprint density at radius 2 is 0.958 bits per heavy atom. The lowest BCUT2D eigenvalue weighted by atomic mass is 9.82. The monoisotopic (exact) mass is 340 g/mol. The van der Waals surface area contributed by atoms with Crippen molar-refractivity contribution in [1.29, 1.82) is 0 Å². The first-order chi connectivity index (χ1) is 10.4. The Morgan fingerprint density at radius 1 is 0.625 bits per heavy atom. The van der Waals surface area contributed by atoms with Gasteiger partial charge in [-0.1, -0.05) is 62.3 Å². The fraction of sp³-hybridized carbons (Fsp3) is 0.800. The highest BCUT2D eigenvalue weighted by Gasteiger charge is 2.28. The lowest BCUT2D eigenvalue weighted by Gasteiger charge is -2.20. The van der Waals surface area contributed by atoms with Crippen LogP contribution in [-0.4, -0.2) is 23.1 Å². The SMILES string of the molecule is CC(=O)CC(=O)CC(C)(C)C.CC(C)(C)C(=O)CC(=O)C(C)(C)C. The summed E-state index contributed by atoms with van der Waals surface area (Å²) in [6.45, 7) is 18.4. The predicted octanol–water partition coefficient (Wildman–Crippen LogP) is 4.58. The van der Waals surface area contributed by atoms with Crippen LogP contribution in [0.5, 0.6) is 0 Å². The second-order valence-electron chi connectivity index (χ2n) is 9.68. The van der Waals surface area contributed by atoms with E-state index in [9.17, 15) is 19.2 Å². The first kappa shape index (κ1) is 24.9. The van der Waals surface area contributed by atoms with Crippen LogP contribution in [0.4, 0.5) is 0 Å². The molecule has 4 nitrogen and oxygen atoms in total. The van der Waals surface area contributed by atoms with Crippen LogP contribution in [0, 0.1) is 16.2 Å². The molecule has 0 radical (unpaired) electrons. The number of carbonyl (C=O) groups excluding carboxylic acids is 4. The Kier molecular flexibility index (Phi) is 9.59. The zero-order valence-corrected chi connectivity index (χ0v) is 17.3. The van der Waals surface area contributed by atoms with E-state index < -0.39 is 10.8 Å². The number of hydrogen-bond donors (Lipinski definition) is 0. The van der Waals surface area contributed by atoms with Crippen molar-refractivity contribution in [1.82, 2.24) is 0 Å². The van der Waals surface area contributed by atoms with Crippen LogP contribution in [0.15, 0.2) is 0 Å². The topological polar surface area (TPSA) is 68.3 Å². The van der Waals surface area contributed by atoms with Crippen LogP contribution in [0.3, 0.4) is 0 Å². The fourth-order valence-electron chi connectivity index (χ4n) is 1.61. The van der Waals surface area contributed by atoms with E-state index in [-0.39, 0.29) is 41.4 Å². The zero-order valence-electron chi connectivity index (χ0n) is 17.3. The highest BCUT2D eigenvalue weighted by molar-refractivity contribution is 6.03. The van der Waals surface area contributed by atoms with E-state index in [0.717, 1.165) is 0 Å². The molecule has 0 aliphatic carbocycles. The van der Waals surface area contributed by atoms with E-state index in [0.29, 0.717) is 6.42 Å². The van der Waals surface area contributed by atoms with Crippen molar-refractivity contribution in [2.45, 2.75) is 88.5 Å². The summed E-state index contributed by atoms with van der Waals surface area (Å²) in [5.41, 5.74) is -0.797. The molecule has 0 fully saturated rings. The van der Waals surface area contributed by atoms with Gasteiger partial charge in [0.15, 0.2) is 0 Å². The first-order valence-corrected chi connectivity index (χ1v) is 8.44. The van der Waals surface area contributed by atoms with E-state index in [2.05, 4.69) is 0 Å². The molecule has 0 aliphatic heterocycles. The zero-order chi connectivity index (χ0) is 19.9. The van der Waals surface area contributed by atoms with Gasteiger partial charge in [0, 0.05) is 17.3 Å². The summed E-state index contributed by atoms with van der Waals surface area (Å²) in [6.07, 6.45) is 0.650. The molecule has 0 rings (SSSR count). The van der Waals surface area contributed by atoms with Gasteiger partial charge in [-0.25, -0.2) is 0 Å². The minimum Gasteiger partial charge on any atom is -0.300 e. The van der Waals surface area contributed by atoms with Crippen molar-refractivity contribution in [3.63, 3.8) is 0 Å². The van der Waals surface area contributed by atoms with Gasteiger partial charge < -0.3 is 0 Å². The van der Waals surface area contributed by atoms with Gasteiger partial charge in [0.25, 0.3) is 0 Å². The van der Waals surface area contributed by atoms with E-state index in [4.69, 9.17) is 0 Å². The number of carbonyl (C=O) groups is 4. The Hall–Kier alpha value is -1.32. The average Bonchev–Trinajstić information content (AvgIpc) is 2.22. The van der Waals surface area contributed by atoms with Crippen LogP contribution >= 0.6 is 0 Å². The van der Waals surface area contributed by atoms with Gasteiger partial charge in [0.2, 0.25) is 0 Å². The lowest BCUT2D eigenvalue weighted by Crippen LogP contribution is -2.28. The van der Waals surface area contributed by atoms with E-state index in [1.54, 1.807) is 0 Å². The van der Waals surface area contributed by atoms with Gasteiger partial charge in [-0.05, 0) is 12.3 Å². The number of ketones is 4. The molecule has 0 amide bonds. The van der Waals surface area contributed by atoms with Gasteiger partial charge in [0.1, 0.15) is 23.1 Å². The van der Waals surface area contributed by atoms with Crippen molar-refractivity contribution in [3.8, 4) is 0 Å². The lowest BCUT2D eigenvalue weighted by molar-refractivity contribution is -0.135. The highest BCUT2D eigenvalue weighted by atomic mass is 16.2. The van der Waals surface area contributed by atoms with Crippen molar-refractivity contribution in [3.05, 3.63) is 0 Å². The molecule has 4 heteroatoms. The minimum atomic E-state index is -0.402. The van der Waals surface area contributed by atoms with Crippen LogP contribution in [0.2, 0.25) is 0 Å². The minimum absolute atomic E-state index is 0.00648. The van der Waals surface area contributed by atoms with Crippen LogP contribution in [0.1, 0.15) is 88.5 Å². The van der Waals surface area contributed by atoms with Crippen molar-refractivity contribution in [2.75, 3.05) is 0 Å². The number of hydrogen-bond acceptors (Lipinski definition) is 4. The molecule has 0 unspecified atom stereocenters. The summed E-state index contributed by atoms with van der Waals surface area (Å²) >= 11 is 0. The molecule has 140 valence electrons. The maximum atomic E-state index is 11.5. The van der Waals surface area contributed by atoms with Gasteiger partial charge >= 0.3 is 0 Å². The molecule has 0 N–H and O–H groups in total. The predicted molar refractivity (Wildman–Crippen MR) is 97.9 cm³/mol. The molecule has 0 spiro atoms. The second kappa shape index (κ2) is 9.24. The molecule has 0 aliphatic rings. The number of Topliss-reactive ketones (excluding diaryl/α,β-unsaturated/α-hetero) is 4. The summed E-state index contributed by atoms with van der Waals surface area (Å²) in [6, 6.07) is 0. The standard InChI is InChI=1S/C11H20O2.C9H16O2/c1-10(2,3)8(12)7-9(13)11(4,5)6;1-7(10)5-8(11)6-9(2,3)4/h7H2,1-6H3;5-6H2,1-4H3. The van der Waals surface area contributed by atoms with Gasteiger partial charge in [-0.2, -0.15) is 0 Å². The quantitative estimate of drug-likeness (QED) is 0.687. The highest BCUT2D eigenvalue weighted by Crippen LogP contribution is 2.22. The molecule has 0 aromatic heterocycles. The summed E-state index contributed by atoms with van der Waals surface area (Å²) in [7, 11) is 0. The number of rotatable bonds is 5. The summed E-state index contributed by atoms with van der Waals surface area (Å²) in [5, 5.41) is 0. The maximum absolute atomic E-state index is 11.5. The van der Waals surface area contributed by atoms with Gasteiger partial charge in [-0.3, -0.25) is 19.2 Å². The molecule has 0 saturated heterocycles. The Labute approximate surface area is 147 Å². The molecule has 0 saturated carbocycles. The smallest absolute Gasteiger partial charge is 0.145 e. The van der Waals surface area contributed by atoms with Gasteiger partial charge in [0.05, 0.1) is 12.8 Å². The molecule has 0 aromatic carbocycles. The molecule has 0 atom stereocenters. The van der Waals surface area contributed by atoms with Crippen LogP contribution in [0.25, 0.3) is 0 Å². The van der Waals surface area contributed by atoms with E-state index >= 15 is 0 Å². The second-order valence-corrected chi connectivity index (χ2v) is 9.68. The first-order valence-electron chi connectivity index (χ1n) is 8.44. The Bertz CT molecular complexity index is 441. The normalized spacial score (nSPS) is 12.1. The van der Waals surface area contributed by atoms with Crippen molar-refractivity contribution < 1.29 is 19.2 Å². The Balaban J connectivity index is 0. The van der Waals surface area contributed by atoms with Crippen molar-refractivity contribution >= 4 is 23.1 Å². The van der Waals surface area contributed by atoms with E-state index in [1.807, 2.05) is 62.3 Å². The average molecular weight is 341 g/mol. The molecule has 0 bridgehead atoms.